The Morgan fingerprint density at radius 2 is 1.74 bits per heavy atom. The average Bonchev–Trinajstić information content (AvgIpc) is 3.11. The highest BCUT2D eigenvalue weighted by Gasteiger charge is 2.40. The number of carbonyl (C=O) groups is 1. The second-order valence-electron chi connectivity index (χ2n) is 5.82. The molecule has 1 saturated heterocycles. The van der Waals surface area contributed by atoms with Gasteiger partial charge in [0.2, 0.25) is 0 Å². The first-order valence-corrected chi connectivity index (χ1v) is 7.38. The Kier molecular flexibility index (Phi) is 3.95. The number of hydrogen-bond donors (Lipinski definition) is 0. The van der Waals surface area contributed by atoms with Gasteiger partial charge in [-0.3, -0.25) is 20.2 Å². The number of carbonyl (C=O) groups excluding carboxylic acids is 1. The van der Waals surface area contributed by atoms with Crippen LogP contribution in [0.3, 0.4) is 0 Å². The number of hydrogen-bond acceptors (Lipinski definition) is 7. The third kappa shape index (κ3) is 3.00. The van der Waals surface area contributed by atoms with Crippen molar-refractivity contribution in [2.45, 2.75) is 31.7 Å². The van der Waals surface area contributed by atoms with Crippen LogP contribution in [-0.4, -0.2) is 33.5 Å². The Morgan fingerprint density at radius 1 is 1.09 bits per heavy atom. The summed E-state index contributed by atoms with van der Waals surface area (Å²) in [5, 5.41) is 23.3. The van der Waals surface area contributed by atoms with E-state index in [0.717, 1.165) is 43.9 Å². The lowest BCUT2D eigenvalue weighted by molar-refractivity contribution is -0.394. The molecule has 0 aromatic heterocycles. The first-order valence-electron chi connectivity index (χ1n) is 7.38. The number of non-ortho nitro benzene ring substituents is 2. The fraction of sp³-hybridized carbons (Fsp3) is 0.500. The van der Waals surface area contributed by atoms with Crippen molar-refractivity contribution < 1.29 is 19.5 Å². The van der Waals surface area contributed by atoms with E-state index < -0.39 is 27.2 Å². The molecule has 9 nitrogen and oxygen atoms in total. The van der Waals surface area contributed by atoms with Crippen molar-refractivity contribution in [3.8, 4) is 0 Å². The zero-order valence-corrected chi connectivity index (χ0v) is 12.2. The molecule has 0 radical (unpaired) electrons. The van der Waals surface area contributed by atoms with E-state index in [0.29, 0.717) is 12.5 Å². The zero-order chi connectivity index (χ0) is 16.6. The van der Waals surface area contributed by atoms with E-state index in [2.05, 4.69) is 0 Å². The van der Waals surface area contributed by atoms with Gasteiger partial charge in [-0.1, -0.05) is 6.42 Å². The molecule has 2 atom stereocenters. The van der Waals surface area contributed by atoms with Crippen molar-refractivity contribution in [1.29, 1.82) is 0 Å². The molecule has 2 fully saturated rings. The van der Waals surface area contributed by atoms with E-state index >= 15 is 0 Å². The van der Waals surface area contributed by atoms with Crippen LogP contribution in [0.1, 0.15) is 36.0 Å². The molecule has 1 aromatic rings. The van der Waals surface area contributed by atoms with Crippen molar-refractivity contribution >= 4 is 17.3 Å². The molecular weight excluding hydrogens is 306 g/mol. The minimum atomic E-state index is -0.802. The molecule has 1 aliphatic heterocycles. The highest BCUT2D eigenvalue weighted by Crippen LogP contribution is 2.38. The van der Waals surface area contributed by atoms with Crippen LogP contribution < -0.4 is 0 Å². The highest BCUT2D eigenvalue weighted by atomic mass is 16.7. The third-order valence-electron chi connectivity index (χ3n) is 4.47. The SMILES string of the molecule is O=C(ON1CCC2CCCC21)c1cc([N+](=O)[O-])cc([N+](=O)[O-])c1. The Balaban J connectivity index is 1.81. The molecule has 122 valence electrons. The van der Waals surface area contributed by atoms with Gasteiger partial charge in [-0.2, -0.15) is 0 Å². The van der Waals surface area contributed by atoms with Crippen molar-refractivity contribution in [1.82, 2.24) is 5.06 Å². The topological polar surface area (TPSA) is 116 Å². The number of nitrogens with zero attached hydrogens (tertiary/aromatic N) is 3. The van der Waals surface area contributed by atoms with Crippen LogP contribution in [0.15, 0.2) is 18.2 Å². The van der Waals surface area contributed by atoms with Gasteiger partial charge in [-0.25, -0.2) is 4.79 Å². The van der Waals surface area contributed by atoms with Crippen molar-refractivity contribution in [3.05, 3.63) is 44.0 Å². The smallest absolute Gasteiger partial charge is 0.357 e. The first kappa shape index (κ1) is 15.3. The van der Waals surface area contributed by atoms with Crippen molar-refractivity contribution in [2.75, 3.05) is 6.54 Å². The van der Waals surface area contributed by atoms with Gasteiger partial charge in [-0.15, -0.1) is 5.06 Å². The zero-order valence-electron chi connectivity index (χ0n) is 12.2. The van der Waals surface area contributed by atoms with Crippen LogP contribution in [0.5, 0.6) is 0 Å². The van der Waals surface area contributed by atoms with Gasteiger partial charge >= 0.3 is 5.97 Å². The van der Waals surface area contributed by atoms with Gasteiger partial charge in [0.1, 0.15) is 0 Å². The number of nitro benzene ring substituents is 2. The predicted molar refractivity (Wildman–Crippen MR) is 77.6 cm³/mol. The molecule has 1 saturated carbocycles. The maximum absolute atomic E-state index is 12.2. The van der Waals surface area contributed by atoms with Gasteiger partial charge in [0.15, 0.2) is 0 Å². The molecule has 0 bridgehead atoms. The van der Waals surface area contributed by atoms with E-state index in [1.54, 1.807) is 5.06 Å². The monoisotopic (exact) mass is 321 g/mol. The summed E-state index contributed by atoms with van der Waals surface area (Å²) in [7, 11) is 0. The van der Waals surface area contributed by atoms with Gasteiger partial charge in [-0.05, 0) is 25.2 Å². The van der Waals surface area contributed by atoms with Crippen LogP contribution in [-0.2, 0) is 4.84 Å². The molecule has 2 aliphatic rings. The lowest BCUT2D eigenvalue weighted by atomic mass is 10.1. The predicted octanol–water partition coefficient (Wildman–Crippen LogP) is 2.45. The van der Waals surface area contributed by atoms with Gasteiger partial charge in [0, 0.05) is 24.7 Å². The fourth-order valence-electron chi connectivity index (χ4n) is 3.39. The summed E-state index contributed by atoms with van der Waals surface area (Å²) in [5.74, 6) is -0.286. The quantitative estimate of drug-likeness (QED) is 0.617. The second kappa shape index (κ2) is 5.92. The number of benzene rings is 1. The van der Waals surface area contributed by atoms with Crippen LogP contribution in [0.25, 0.3) is 0 Å². The number of fused-ring (bicyclic) bond motifs is 1. The largest absolute Gasteiger partial charge is 0.364 e. The lowest BCUT2D eigenvalue weighted by Crippen LogP contribution is -2.32. The molecule has 1 aromatic carbocycles. The summed E-state index contributed by atoms with van der Waals surface area (Å²) >= 11 is 0. The van der Waals surface area contributed by atoms with Gasteiger partial charge < -0.3 is 4.84 Å². The summed E-state index contributed by atoms with van der Waals surface area (Å²) in [6, 6.07) is 3.00. The van der Waals surface area contributed by atoms with Gasteiger partial charge in [0.05, 0.1) is 21.5 Å². The number of rotatable bonds is 4. The second-order valence-corrected chi connectivity index (χ2v) is 5.82. The molecule has 0 amide bonds. The molecule has 0 N–H and O–H groups in total. The summed E-state index contributed by atoms with van der Waals surface area (Å²) in [5.41, 5.74) is -1.20. The summed E-state index contributed by atoms with van der Waals surface area (Å²) in [4.78, 5) is 37.7. The Bertz CT molecular complexity index is 644. The Labute approximate surface area is 131 Å². The summed E-state index contributed by atoms with van der Waals surface area (Å²) in [6.07, 6.45) is 4.10. The van der Waals surface area contributed by atoms with Crippen molar-refractivity contribution in [2.24, 2.45) is 5.92 Å². The standard InChI is InChI=1S/C14H15N3O6/c18-14(23-15-5-4-9-2-1-3-13(9)15)10-6-11(16(19)20)8-12(7-10)17(21)22/h6-9,13H,1-5H2. The van der Waals surface area contributed by atoms with Crippen LogP contribution in [0.2, 0.25) is 0 Å². The third-order valence-corrected chi connectivity index (χ3v) is 4.47. The average molecular weight is 321 g/mol. The first-order chi connectivity index (χ1) is 11.0. The molecule has 2 unspecified atom stereocenters. The molecular formula is C14H15N3O6. The molecule has 3 rings (SSSR count). The summed E-state index contributed by atoms with van der Waals surface area (Å²) < 4.78 is 0. The lowest BCUT2D eigenvalue weighted by Gasteiger charge is -2.21. The number of hydroxylamine groups is 2. The van der Waals surface area contributed by atoms with Crippen LogP contribution >= 0.6 is 0 Å². The van der Waals surface area contributed by atoms with E-state index in [4.69, 9.17) is 4.84 Å². The molecule has 23 heavy (non-hydrogen) atoms. The van der Waals surface area contributed by atoms with Gasteiger partial charge in [0.25, 0.3) is 11.4 Å². The molecule has 1 aliphatic carbocycles. The molecule has 9 heteroatoms. The molecule has 1 heterocycles. The van der Waals surface area contributed by atoms with Crippen molar-refractivity contribution in [3.63, 3.8) is 0 Å². The van der Waals surface area contributed by atoms with E-state index in [1.165, 1.54) is 0 Å². The van der Waals surface area contributed by atoms with E-state index in [1.807, 2.05) is 0 Å². The maximum atomic E-state index is 12.2. The molecule has 0 spiro atoms. The van der Waals surface area contributed by atoms with Crippen LogP contribution in [0, 0.1) is 26.1 Å². The minimum absolute atomic E-state index is 0.188. The fourth-order valence-corrected chi connectivity index (χ4v) is 3.39. The van der Waals surface area contributed by atoms with E-state index in [-0.39, 0.29) is 11.6 Å². The van der Waals surface area contributed by atoms with E-state index in [9.17, 15) is 25.0 Å². The number of nitro groups is 2. The Hall–Kier alpha value is -2.55. The Morgan fingerprint density at radius 3 is 2.35 bits per heavy atom. The summed E-state index contributed by atoms with van der Waals surface area (Å²) in [6.45, 7) is 0.623. The van der Waals surface area contributed by atoms with Crippen LogP contribution in [0.4, 0.5) is 11.4 Å². The highest BCUT2D eigenvalue weighted by molar-refractivity contribution is 5.91. The normalized spacial score (nSPS) is 23.5. The maximum Gasteiger partial charge on any atom is 0.357 e. The minimum Gasteiger partial charge on any atom is -0.364 e.